The van der Waals surface area contributed by atoms with Gasteiger partial charge in [-0.1, -0.05) is 24.1 Å². The highest BCUT2D eigenvalue weighted by atomic mass is 35.5. The third-order valence-corrected chi connectivity index (χ3v) is 7.95. The molecule has 3 aromatic rings. The Morgan fingerprint density at radius 2 is 1.74 bits per heavy atom. The lowest BCUT2D eigenvalue weighted by molar-refractivity contribution is -0.136. The summed E-state index contributed by atoms with van der Waals surface area (Å²) in [6.07, 6.45) is 4.52. The minimum atomic E-state index is -1.01. The van der Waals surface area contributed by atoms with E-state index in [9.17, 15) is 19.2 Å². The minimum Gasteiger partial charge on any atom is -0.493 e. The summed E-state index contributed by atoms with van der Waals surface area (Å²) in [4.78, 5) is 51.6. The summed E-state index contributed by atoms with van der Waals surface area (Å²) in [5.41, 5.74) is 4.63. The molecule has 42 heavy (non-hydrogen) atoms. The van der Waals surface area contributed by atoms with Crippen molar-refractivity contribution in [3.8, 4) is 11.5 Å². The number of ether oxygens (including phenoxy) is 3. The number of nitrogens with zero attached hydrogens (tertiary/aromatic N) is 1. The third-order valence-electron chi connectivity index (χ3n) is 6.50. The Balaban J connectivity index is 1.44. The molecule has 0 bridgehead atoms. The van der Waals surface area contributed by atoms with E-state index in [1.165, 1.54) is 30.6 Å². The Kier molecular flexibility index (Phi) is 10.3. The molecule has 0 unspecified atom stereocenters. The maximum atomic E-state index is 12.7. The highest BCUT2D eigenvalue weighted by molar-refractivity contribution is 7.17. The van der Waals surface area contributed by atoms with Gasteiger partial charge < -0.3 is 19.5 Å². The molecular formula is C30H30ClN3O7S. The maximum Gasteiger partial charge on any atom is 0.343 e. The Bertz CT molecular complexity index is 1550. The number of carbonyl (C=O) groups excluding carboxylic acids is 4. The molecule has 0 aliphatic heterocycles. The molecule has 2 aromatic carbocycles. The molecule has 0 saturated heterocycles. The van der Waals surface area contributed by atoms with Crippen LogP contribution in [-0.2, 0) is 27.2 Å². The first-order valence-electron chi connectivity index (χ1n) is 13.3. The van der Waals surface area contributed by atoms with Crippen LogP contribution in [0.5, 0.6) is 11.5 Å². The maximum absolute atomic E-state index is 12.7. The van der Waals surface area contributed by atoms with Crippen LogP contribution in [0, 0.1) is 0 Å². The fraction of sp³-hybridized carbons (Fsp3) is 0.300. The number of thiophene rings is 1. The van der Waals surface area contributed by atoms with Crippen molar-refractivity contribution in [3.05, 3.63) is 74.6 Å². The van der Waals surface area contributed by atoms with E-state index in [2.05, 4.69) is 15.8 Å². The van der Waals surface area contributed by atoms with Gasteiger partial charge in [0.2, 0.25) is 0 Å². The molecular weight excluding hydrogens is 582 g/mol. The number of nitrogens with one attached hydrogen (secondary N) is 2. The van der Waals surface area contributed by atoms with Crippen LogP contribution in [0.15, 0.2) is 47.6 Å². The zero-order chi connectivity index (χ0) is 30.2. The van der Waals surface area contributed by atoms with Gasteiger partial charge in [-0.15, -0.1) is 11.3 Å². The van der Waals surface area contributed by atoms with Crippen LogP contribution in [0.3, 0.4) is 0 Å². The lowest BCUT2D eigenvalue weighted by atomic mass is 10.1. The van der Waals surface area contributed by atoms with Crippen LogP contribution in [0.25, 0.3) is 0 Å². The number of methoxy groups -OCH3 is 1. The summed E-state index contributed by atoms with van der Waals surface area (Å²) in [6.45, 7) is 3.53. The highest BCUT2D eigenvalue weighted by Gasteiger charge is 2.28. The zero-order valence-electron chi connectivity index (χ0n) is 23.4. The number of esters is 2. The van der Waals surface area contributed by atoms with Gasteiger partial charge in [0, 0.05) is 15.5 Å². The number of hydrogen-bond donors (Lipinski definition) is 2. The van der Waals surface area contributed by atoms with Gasteiger partial charge in [-0.3, -0.25) is 9.59 Å². The lowest BCUT2D eigenvalue weighted by Crippen LogP contribution is -2.33. The summed E-state index contributed by atoms with van der Waals surface area (Å²) < 4.78 is 16.1. The lowest BCUT2D eigenvalue weighted by Gasteiger charge is -2.11. The summed E-state index contributed by atoms with van der Waals surface area (Å²) in [5, 5.41) is 7.31. The summed E-state index contributed by atoms with van der Waals surface area (Å²) >= 11 is 7.26. The normalized spacial score (nSPS) is 12.9. The predicted molar refractivity (Wildman–Crippen MR) is 160 cm³/mol. The average Bonchev–Trinajstić information content (AvgIpc) is 3.15. The number of carbonyl (C=O) groups is 4. The fourth-order valence-corrected chi connectivity index (χ4v) is 5.87. The molecule has 2 amide bonds. The van der Waals surface area contributed by atoms with Crippen LogP contribution < -0.4 is 20.2 Å². The van der Waals surface area contributed by atoms with Crippen molar-refractivity contribution in [1.29, 1.82) is 0 Å². The number of benzene rings is 2. The molecule has 0 fully saturated rings. The van der Waals surface area contributed by atoms with Crippen LogP contribution in [-0.4, -0.2) is 43.2 Å². The first-order valence-corrected chi connectivity index (χ1v) is 14.5. The predicted octanol–water partition coefficient (Wildman–Crippen LogP) is 5.55. The first-order chi connectivity index (χ1) is 20.2. The number of hydrogen-bond acceptors (Lipinski definition) is 9. The van der Waals surface area contributed by atoms with Crippen molar-refractivity contribution >= 4 is 57.4 Å². The second-order valence-corrected chi connectivity index (χ2v) is 10.9. The van der Waals surface area contributed by atoms with Crippen molar-refractivity contribution in [2.24, 2.45) is 5.10 Å². The largest absolute Gasteiger partial charge is 0.493 e. The molecule has 10 nitrogen and oxygen atoms in total. The van der Waals surface area contributed by atoms with Gasteiger partial charge in [0.15, 0.2) is 11.5 Å². The number of amides is 2. The Hall–Kier alpha value is -4.22. The second-order valence-electron chi connectivity index (χ2n) is 9.35. The van der Waals surface area contributed by atoms with Crippen LogP contribution in [0.4, 0.5) is 5.00 Å². The zero-order valence-corrected chi connectivity index (χ0v) is 24.9. The SMILES string of the molecule is CCOC(=O)c1c(NC(=O)C(=O)N/N=C(\C)c2ccc(OC(=O)c3cccc(Cl)c3)c(OC)c2)sc2c1CCCCC2. The number of hydrazone groups is 1. The Morgan fingerprint density at radius 3 is 2.48 bits per heavy atom. The van der Waals surface area contributed by atoms with Crippen molar-refractivity contribution in [1.82, 2.24) is 5.43 Å². The molecule has 0 spiro atoms. The van der Waals surface area contributed by atoms with Gasteiger partial charge in [0.1, 0.15) is 5.00 Å². The molecule has 0 radical (unpaired) electrons. The molecule has 4 rings (SSSR count). The third kappa shape index (κ3) is 7.34. The fourth-order valence-electron chi connectivity index (χ4n) is 4.41. The van der Waals surface area contributed by atoms with Gasteiger partial charge in [-0.2, -0.15) is 5.10 Å². The molecule has 1 aromatic heterocycles. The number of anilines is 1. The van der Waals surface area contributed by atoms with E-state index >= 15 is 0 Å². The van der Waals surface area contributed by atoms with Gasteiger partial charge in [-0.05, 0) is 81.5 Å². The van der Waals surface area contributed by atoms with Crippen LogP contribution in [0.2, 0.25) is 5.02 Å². The molecule has 0 atom stereocenters. The summed E-state index contributed by atoms with van der Waals surface area (Å²) in [5.74, 6) is -2.67. The first kappa shape index (κ1) is 30.7. The molecule has 0 saturated carbocycles. The van der Waals surface area contributed by atoms with Crippen LogP contribution in [0.1, 0.15) is 69.8 Å². The van der Waals surface area contributed by atoms with E-state index in [0.717, 1.165) is 36.1 Å². The summed E-state index contributed by atoms with van der Waals surface area (Å²) in [6, 6.07) is 11.1. The summed E-state index contributed by atoms with van der Waals surface area (Å²) in [7, 11) is 1.42. The molecule has 220 valence electrons. The quantitative estimate of drug-likeness (QED) is 0.0852. The van der Waals surface area contributed by atoms with E-state index in [-0.39, 0.29) is 23.7 Å². The van der Waals surface area contributed by atoms with Gasteiger partial charge in [0.25, 0.3) is 0 Å². The Labute approximate surface area is 252 Å². The van der Waals surface area contributed by atoms with Gasteiger partial charge in [0.05, 0.1) is 30.6 Å². The smallest absolute Gasteiger partial charge is 0.343 e. The number of rotatable bonds is 8. The monoisotopic (exact) mass is 611 g/mol. The number of halogens is 1. The molecule has 1 aliphatic carbocycles. The van der Waals surface area contributed by atoms with Gasteiger partial charge >= 0.3 is 23.8 Å². The minimum absolute atomic E-state index is 0.175. The molecule has 1 aliphatic rings. The van der Waals surface area contributed by atoms with Crippen molar-refractivity contribution in [2.45, 2.75) is 46.0 Å². The Morgan fingerprint density at radius 1 is 0.952 bits per heavy atom. The molecule has 12 heteroatoms. The molecule has 2 N–H and O–H groups in total. The van der Waals surface area contributed by atoms with E-state index < -0.39 is 23.8 Å². The topological polar surface area (TPSA) is 132 Å². The van der Waals surface area contributed by atoms with E-state index in [1.54, 1.807) is 44.2 Å². The van der Waals surface area contributed by atoms with E-state index in [0.29, 0.717) is 33.3 Å². The average molecular weight is 612 g/mol. The molecule has 1 heterocycles. The second kappa shape index (κ2) is 14.1. The standard InChI is InChI=1S/C30H30ClN3O7S/c1-4-40-30(38)25-21-11-6-5-7-12-24(21)42-28(25)32-26(35)27(36)34-33-17(2)18-13-14-22(23(16-18)39-3)41-29(37)19-9-8-10-20(31)15-19/h8-10,13-16H,4-7,11-12H2,1-3H3,(H,32,35)(H,34,36)/b33-17+. The highest BCUT2D eigenvalue weighted by Crippen LogP contribution is 2.38. The van der Waals surface area contributed by atoms with E-state index in [1.807, 2.05) is 0 Å². The number of aryl methyl sites for hydroxylation is 1. The van der Waals surface area contributed by atoms with Gasteiger partial charge in [-0.25, -0.2) is 15.0 Å². The number of fused-ring (bicyclic) bond motifs is 1. The van der Waals surface area contributed by atoms with E-state index in [4.69, 9.17) is 25.8 Å². The van der Waals surface area contributed by atoms with Crippen molar-refractivity contribution < 1.29 is 33.4 Å². The van der Waals surface area contributed by atoms with Crippen molar-refractivity contribution in [2.75, 3.05) is 19.0 Å². The van der Waals surface area contributed by atoms with Crippen molar-refractivity contribution in [3.63, 3.8) is 0 Å². The van der Waals surface area contributed by atoms with Crippen LogP contribution >= 0.6 is 22.9 Å².